The van der Waals surface area contributed by atoms with Crippen LogP contribution in [0.5, 0.6) is 0 Å². The number of hydrogen-bond acceptors (Lipinski definition) is 6. The number of aromatic nitrogens is 3. The van der Waals surface area contributed by atoms with E-state index in [0.29, 0.717) is 33.7 Å². The molecule has 0 atom stereocenters. The second kappa shape index (κ2) is 6.84. The third-order valence-electron chi connectivity index (χ3n) is 3.38. The molecule has 7 heteroatoms. The fraction of sp³-hybridized carbons (Fsp3) is 0.176. The van der Waals surface area contributed by atoms with Gasteiger partial charge >= 0.3 is 0 Å². The molecule has 0 aromatic carbocycles. The van der Waals surface area contributed by atoms with E-state index in [1.54, 1.807) is 31.5 Å². The van der Waals surface area contributed by atoms with Gasteiger partial charge in [-0.25, -0.2) is 15.0 Å². The zero-order valence-electron chi connectivity index (χ0n) is 13.5. The lowest BCUT2D eigenvalue weighted by atomic mass is 10.2. The first-order valence-corrected chi connectivity index (χ1v) is 8.51. The Morgan fingerprint density at radius 2 is 2.08 bits per heavy atom. The van der Waals surface area contributed by atoms with E-state index in [9.17, 15) is 4.79 Å². The number of carbonyl (C=O) groups excluding carboxylic acids is 1. The smallest absolute Gasteiger partial charge is 0.261 e. The lowest BCUT2D eigenvalue weighted by Crippen LogP contribution is -2.17. The Balaban J connectivity index is 1.96. The van der Waals surface area contributed by atoms with Crippen LogP contribution in [0.25, 0.3) is 11.6 Å². The van der Waals surface area contributed by atoms with E-state index in [-0.39, 0.29) is 5.91 Å². The molecule has 24 heavy (non-hydrogen) atoms. The Morgan fingerprint density at radius 3 is 2.75 bits per heavy atom. The van der Waals surface area contributed by atoms with Crippen LogP contribution in [0, 0.1) is 13.8 Å². The topological polar surface area (TPSA) is 80.9 Å². The molecule has 6 nitrogen and oxygen atoms in total. The third-order valence-corrected chi connectivity index (χ3v) is 4.06. The van der Waals surface area contributed by atoms with E-state index < -0.39 is 0 Å². The maximum atomic E-state index is 12.7. The molecule has 0 saturated carbocycles. The molecule has 0 aliphatic carbocycles. The van der Waals surface area contributed by atoms with Gasteiger partial charge in [0.1, 0.15) is 10.8 Å². The summed E-state index contributed by atoms with van der Waals surface area (Å²) >= 11 is 1.39. The van der Waals surface area contributed by atoms with Gasteiger partial charge in [0.15, 0.2) is 11.6 Å². The van der Waals surface area contributed by atoms with E-state index in [4.69, 9.17) is 4.42 Å². The van der Waals surface area contributed by atoms with Gasteiger partial charge in [0, 0.05) is 6.20 Å². The van der Waals surface area contributed by atoms with E-state index in [2.05, 4.69) is 20.3 Å². The molecule has 122 valence electrons. The summed E-state index contributed by atoms with van der Waals surface area (Å²) < 4.78 is 5.34. The van der Waals surface area contributed by atoms with Crippen molar-refractivity contribution in [2.45, 2.75) is 18.9 Å². The summed E-state index contributed by atoms with van der Waals surface area (Å²) in [6.45, 7) is 3.73. The predicted molar refractivity (Wildman–Crippen MR) is 93.2 cm³/mol. The van der Waals surface area contributed by atoms with Gasteiger partial charge < -0.3 is 9.73 Å². The second-order valence-electron chi connectivity index (χ2n) is 5.17. The summed E-state index contributed by atoms with van der Waals surface area (Å²) in [5.41, 5.74) is 2.05. The zero-order valence-corrected chi connectivity index (χ0v) is 14.3. The third kappa shape index (κ3) is 3.30. The van der Waals surface area contributed by atoms with Gasteiger partial charge in [-0.1, -0.05) is 0 Å². The first kappa shape index (κ1) is 16.2. The highest BCUT2D eigenvalue weighted by Crippen LogP contribution is 2.25. The van der Waals surface area contributed by atoms with Crippen molar-refractivity contribution in [1.29, 1.82) is 0 Å². The molecule has 3 heterocycles. The first-order chi connectivity index (χ1) is 11.6. The molecule has 0 unspecified atom stereocenters. The molecule has 1 amide bonds. The lowest BCUT2D eigenvalue weighted by Gasteiger charge is -2.11. The first-order valence-electron chi connectivity index (χ1n) is 7.29. The number of nitrogens with one attached hydrogen (secondary N) is 1. The molecule has 0 saturated heterocycles. The van der Waals surface area contributed by atoms with Crippen LogP contribution in [0.2, 0.25) is 0 Å². The maximum Gasteiger partial charge on any atom is 0.261 e. The summed E-state index contributed by atoms with van der Waals surface area (Å²) in [5.74, 6) is 1.26. The van der Waals surface area contributed by atoms with Crippen LogP contribution in [0.4, 0.5) is 5.82 Å². The van der Waals surface area contributed by atoms with Gasteiger partial charge in [0.25, 0.3) is 5.91 Å². The van der Waals surface area contributed by atoms with Gasteiger partial charge in [-0.15, -0.1) is 11.8 Å². The minimum absolute atomic E-state index is 0.277. The molecule has 0 bridgehead atoms. The number of rotatable bonds is 4. The van der Waals surface area contributed by atoms with Crippen molar-refractivity contribution in [2.75, 3.05) is 11.6 Å². The normalized spacial score (nSPS) is 10.6. The number of amides is 1. The largest absolute Gasteiger partial charge is 0.461 e. The molecule has 3 rings (SSSR count). The molecule has 0 aliphatic rings. The number of nitrogens with zero attached hydrogens (tertiary/aromatic N) is 3. The molecule has 0 spiro atoms. The number of aryl methyl sites for hydroxylation is 2. The molecule has 1 N–H and O–H groups in total. The van der Waals surface area contributed by atoms with Gasteiger partial charge in [-0.05, 0) is 49.9 Å². The van der Waals surface area contributed by atoms with E-state index in [1.165, 1.54) is 11.8 Å². The van der Waals surface area contributed by atoms with Crippen LogP contribution in [0.1, 0.15) is 21.6 Å². The zero-order chi connectivity index (χ0) is 17.1. The Kier molecular flexibility index (Phi) is 4.61. The lowest BCUT2D eigenvalue weighted by molar-refractivity contribution is 0.102. The van der Waals surface area contributed by atoms with E-state index in [1.807, 2.05) is 25.3 Å². The van der Waals surface area contributed by atoms with Crippen molar-refractivity contribution in [3.8, 4) is 11.6 Å². The number of anilines is 1. The Labute approximate surface area is 143 Å². The molecular formula is C17H16N4O2S. The van der Waals surface area contributed by atoms with Gasteiger partial charge in [0.2, 0.25) is 0 Å². The van der Waals surface area contributed by atoms with E-state index >= 15 is 0 Å². The molecule has 0 aliphatic heterocycles. The highest BCUT2D eigenvalue weighted by molar-refractivity contribution is 7.98. The minimum Gasteiger partial charge on any atom is -0.461 e. The number of carbonyl (C=O) groups is 1. The Morgan fingerprint density at radius 1 is 1.25 bits per heavy atom. The summed E-state index contributed by atoms with van der Waals surface area (Å²) in [6, 6.07) is 7.24. The quantitative estimate of drug-likeness (QED) is 0.576. The summed E-state index contributed by atoms with van der Waals surface area (Å²) in [7, 11) is 0. The highest BCUT2D eigenvalue weighted by atomic mass is 32.2. The molecule has 3 aromatic heterocycles. The van der Waals surface area contributed by atoms with Crippen molar-refractivity contribution >= 4 is 23.5 Å². The number of furan rings is 1. The number of thioether (sulfide) groups is 1. The SMILES string of the molecule is CSc1nc(-c2ccco2)nc(C)c1C(=O)Nc1cc(C)ccn1. The van der Waals surface area contributed by atoms with Crippen molar-refractivity contribution in [1.82, 2.24) is 15.0 Å². The predicted octanol–water partition coefficient (Wildman–Crippen LogP) is 3.72. The van der Waals surface area contributed by atoms with E-state index in [0.717, 1.165) is 5.56 Å². The van der Waals surface area contributed by atoms with Gasteiger partial charge in [-0.3, -0.25) is 4.79 Å². The average molecular weight is 340 g/mol. The summed E-state index contributed by atoms with van der Waals surface area (Å²) in [5, 5.41) is 3.40. The summed E-state index contributed by atoms with van der Waals surface area (Å²) in [6.07, 6.45) is 5.09. The van der Waals surface area contributed by atoms with Crippen molar-refractivity contribution < 1.29 is 9.21 Å². The van der Waals surface area contributed by atoms with Gasteiger partial charge in [-0.2, -0.15) is 0 Å². The fourth-order valence-corrected chi connectivity index (χ4v) is 2.88. The molecular weight excluding hydrogens is 324 g/mol. The highest BCUT2D eigenvalue weighted by Gasteiger charge is 2.20. The minimum atomic E-state index is -0.277. The van der Waals surface area contributed by atoms with Crippen molar-refractivity contribution in [2.24, 2.45) is 0 Å². The van der Waals surface area contributed by atoms with Crippen LogP contribution < -0.4 is 5.32 Å². The molecule has 0 fully saturated rings. The Hall–Kier alpha value is -2.67. The standard InChI is InChI=1S/C17H16N4O2S/c1-10-6-7-18-13(9-10)20-16(22)14-11(2)19-15(21-17(14)24-3)12-5-4-8-23-12/h4-9H,1-3H3,(H,18,20,22). The van der Waals surface area contributed by atoms with Crippen LogP contribution in [0.15, 0.2) is 46.2 Å². The fourth-order valence-electron chi connectivity index (χ4n) is 2.26. The second-order valence-corrected chi connectivity index (χ2v) is 5.96. The van der Waals surface area contributed by atoms with Crippen molar-refractivity contribution in [3.63, 3.8) is 0 Å². The maximum absolute atomic E-state index is 12.7. The number of hydrogen-bond donors (Lipinski definition) is 1. The molecule has 0 radical (unpaired) electrons. The van der Waals surface area contributed by atoms with Gasteiger partial charge in [0.05, 0.1) is 17.5 Å². The molecule has 3 aromatic rings. The van der Waals surface area contributed by atoms with Crippen LogP contribution in [-0.4, -0.2) is 27.1 Å². The van der Waals surface area contributed by atoms with Crippen LogP contribution >= 0.6 is 11.8 Å². The van der Waals surface area contributed by atoms with Crippen LogP contribution in [-0.2, 0) is 0 Å². The average Bonchev–Trinajstić information content (AvgIpc) is 3.08. The van der Waals surface area contributed by atoms with Crippen LogP contribution in [0.3, 0.4) is 0 Å². The van der Waals surface area contributed by atoms with Crippen molar-refractivity contribution in [3.05, 3.63) is 53.5 Å². The Bertz CT molecular complexity index is 878. The monoisotopic (exact) mass is 340 g/mol. The summed E-state index contributed by atoms with van der Waals surface area (Å²) in [4.78, 5) is 25.7. The number of pyridine rings is 1.